The van der Waals surface area contributed by atoms with E-state index in [1.165, 1.54) is 0 Å². The van der Waals surface area contributed by atoms with E-state index in [9.17, 15) is 4.79 Å². The van der Waals surface area contributed by atoms with E-state index in [-0.39, 0.29) is 11.0 Å². The van der Waals surface area contributed by atoms with Gasteiger partial charge in [0.2, 0.25) is 5.43 Å². The minimum absolute atomic E-state index is 0.101. The zero-order chi connectivity index (χ0) is 24.0. The molecule has 0 spiro atoms. The molecule has 2 aromatic heterocycles. The van der Waals surface area contributed by atoms with Gasteiger partial charge in [0, 0.05) is 22.9 Å². The first kappa shape index (κ1) is 21.4. The van der Waals surface area contributed by atoms with Gasteiger partial charge in [-0.15, -0.1) is 0 Å². The highest BCUT2D eigenvalue weighted by atomic mass is 16.5. The highest BCUT2D eigenvalue weighted by Gasteiger charge is 2.34. The van der Waals surface area contributed by atoms with Crippen LogP contribution in [0, 0.1) is 0 Å². The molecule has 5 aromatic rings. The van der Waals surface area contributed by atoms with E-state index in [0.717, 1.165) is 41.5 Å². The van der Waals surface area contributed by atoms with Crippen LogP contribution in [0.15, 0.2) is 88.3 Å². The van der Waals surface area contributed by atoms with Gasteiger partial charge in [-0.2, -0.15) is 5.10 Å². The van der Waals surface area contributed by atoms with E-state index >= 15 is 0 Å². The summed E-state index contributed by atoms with van der Waals surface area (Å²) in [7, 11) is 1.60. The number of aromatic nitrogens is 2. The maximum atomic E-state index is 14.0. The number of ether oxygens (including phenoxy) is 1. The van der Waals surface area contributed by atoms with E-state index in [2.05, 4.69) is 10.2 Å². The SMILES string of the molecule is COc1ccc2c(=O)c(-c3ccc(C4(N)CCC4)cc3)c(-c3ccccc3)oc2c1-c1cn[nH]c1. The van der Waals surface area contributed by atoms with Gasteiger partial charge in [0.25, 0.3) is 0 Å². The molecule has 6 nitrogen and oxygen atoms in total. The number of H-pyrrole nitrogens is 1. The topological polar surface area (TPSA) is 94.1 Å². The van der Waals surface area contributed by atoms with Crippen molar-refractivity contribution in [2.75, 3.05) is 7.11 Å². The number of nitrogens with two attached hydrogens (primary N) is 1. The second-order valence-corrected chi connectivity index (χ2v) is 9.09. The van der Waals surface area contributed by atoms with Crippen LogP contribution in [0.4, 0.5) is 0 Å². The fourth-order valence-electron chi connectivity index (χ4n) is 4.94. The minimum atomic E-state index is -0.259. The zero-order valence-corrected chi connectivity index (χ0v) is 19.4. The van der Waals surface area contributed by atoms with Gasteiger partial charge in [0.05, 0.1) is 29.8 Å². The highest BCUT2D eigenvalue weighted by molar-refractivity contribution is 5.99. The van der Waals surface area contributed by atoms with Crippen LogP contribution in [-0.2, 0) is 5.54 Å². The normalized spacial score (nSPS) is 14.6. The lowest BCUT2D eigenvalue weighted by molar-refractivity contribution is 0.253. The molecule has 6 rings (SSSR count). The molecule has 0 saturated heterocycles. The number of methoxy groups -OCH3 is 1. The van der Waals surface area contributed by atoms with Crippen molar-refractivity contribution in [1.82, 2.24) is 10.2 Å². The largest absolute Gasteiger partial charge is 0.496 e. The Kier molecular flexibility index (Phi) is 5.04. The number of hydrogen-bond acceptors (Lipinski definition) is 5. The molecule has 1 saturated carbocycles. The van der Waals surface area contributed by atoms with Gasteiger partial charge in [0.15, 0.2) is 0 Å². The van der Waals surface area contributed by atoms with E-state index < -0.39 is 0 Å². The summed E-state index contributed by atoms with van der Waals surface area (Å²) in [5, 5.41) is 7.39. The summed E-state index contributed by atoms with van der Waals surface area (Å²) in [4.78, 5) is 14.0. The van der Waals surface area contributed by atoms with Gasteiger partial charge in [-0.1, -0.05) is 54.6 Å². The highest BCUT2D eigenvalue weighted by Crippen LogP contribution is 2.42. The molecule has 1 aliphatic rings. The first-order valence-electron chi connectivity index (χ1n) is 11.7. The second kappa shape index (κ2) is 8.25. The van der Waals surface area contributed by atoms with Crippen molar-refractivity contribution in [3.8, 4) is 39.3 Å². The Bertz CT molecular complexity index is 1570. The smallest absolute Gasteiger partial charge is 0.201 e. The second-order valence-electron chi connectivity index (χ2n) is 9.09. The molecule has 3 aromatic carbocycles. The van der Waals surface area contributed by atoms with Crippen LogP contribution >= 0.6 is 0 Å². The molecule has 2 heterocycles. The molecule has 174 valence electrons. The molecule has 0 radical (unpaired) electrons. The molecule has 0 aliphatic heterocycles. The lowest BCUT2D eigenvalue weighted by Crippen LogP contribution is -2.43. The first-order valence-corrected chi connectivity index (χ1v) is 11.7. The lowest BCUT2D eigenvalue weighted by atomic mass is 9.72. The fraction of sp³-hybridized carbons (Fsp3) is 0.172. The van der Waals surface area contributed by atoms with Gasteiger partial charge in [-0.25, -0.2) is 0 Å². The molecule has 35 heavy (non-hydrogen) atoms. The molecule has 1 fully saturated rings. The summed E-state index contributed by atoms with van der Waals surface area (Å²) in [6, 6.07) is 21.3. The summed E-state index contributed by atoms with van der Waals surface area (Å²) < 4.78 is 12.2. The van der Waals surface area contributed by atoms with Gasteiger partial charge >= 0.3 is 0 Å². The Hall–Kier alpha value is -4.16. The summed E-state index contributed by atoms with van der Waals surface area (Å²) in [5.74, 6) is 1.12. The van der Waals surface area contributed by atoms with E-state index in [1.54, 1.807) is 31.6 Å². The van der Waals surface area contributed by atoms with Crippen molar-refractivity contribution in [3.63, 3.8) is 0 Å². The Morgan fingerprint density at radius 1 is 0.943 bits per heavy atom. The maximum Gasteiger partial charge on any atom is 0.201 e. The summed E-state index contributed by atoms with van der Waals surface area (Å²) >= 11 is 0. The lowest BCUT2D eigenvalue weighted by Gasteiger charge is -2.38. The number of fused-ring (bicyclic) bond motifs is 1. The number of hydrogen-bond donors (Lipinski definition) is 2. The fourth-order valence-corrected chi connectivity index (χ4v) is 4.94. The van der Waals surface area contributed by atoms with Crippen molar-refractivity contribution >= 4 is 11.0 Å². The molecule has 6 heteroatoms. The van der Waals surface area contributed by atoms with Crippen molar-refractivity contribution in [1.29, 1.82) is 0 Å². The average Bonchev–Trinajstić information content (AvgIpc) is 3.42. The van der Waals surface area contributed by atoms with Crippen LogP contribution in [-0.4, -0.2) is 17.3 Å². The standard InChI is InChI=1S/C29H25N3O3/c1-34-23-13-12-22-26(33)25(18-8-10-21(11-9-18)29(30)14-5-15-29)27(19-6-3-2-4-7-19)35-28(22)24(23)20-16-31-32-17-20/h2-4,6-13,16-17H,5,14-15,30H2,1H3,(H,31,32). The maximum absolute atomic E-state index is 14.0. The van der Waals surface area contributed by atoms with Crippen LogP contribution in [0.2, 0.25) is 0 Å². The molecular weight excluding hydrogens is 438 g/mol. The summed E-state index contributed by atoms with van der Waals surface area (Å²) in [6.45, 7) is 0. The average molecular weight is 464 g/mol. The number of rotatable bonds is 5. The monoisotopic (exact) mass is 463 g/mol. The Morgan fingerprint density at radius 2 is 1.71 bits per heavy atom. The van der Waals surface area contributed by atoms with E-state index in [0.29, 0.717) is 33.6 Å². The van der Waals surface area contributed by atoms with Gasteiger partial charge < -0.3 is 14.9 Å². The summed E-state index contributed by atoms with van der Waals surface area (Å²) in [5.41, 5.74) is 11.3. The third kappa shape index (κ3) is 3.45. The predicted molar refractivity (Wildman–Crippen MR) is 137 cm³/mol. The predicted octanol–water partition coefficient (Wildman–Crippen LogP) is 5.86. The van der Waals surface area contributed by atoms with Gasteiger partial charge in [0.1, 0.15) is 17.1 Å². The van der Waals surface area contributed by atoms with Crippen LogP contribution in [0.5, 0.6) is 5.75 Å². The summed E-state index contributed by atoms with van der Waals surface area (Å²) in [6.07, 6.45) is 6.56. The zero-order valence-electron chi connectivity index (χ0n) is 19.4. The van der Waals surface area contributed by atoms with Crippen molar-refractivity contribution in [2.45, 2.75) is 24.8 Å². The number of aromatic amines is 1. The van der Waals surface area contributed by atoms with E-state index in [4.69, 9.17) is 14.9 Å². The van der Waals surface area contributed by atoms with Crippen LogP contribution in [0.1, 0.15) is 24.8 Å². The number of benzene rings is 3. The number of nitrogens with one attached hydrogen (secondary N) is 1. The van der Waals surface area contributed by atoms with Gasteiger partial charge in [-0.3, -0.25) is 9.89 Å². The van der Waals surface area contributed by atoms with Crippen molar-refractivity contribution in [2.24, 2.45) is 5.73 Å². The third-order valence-electron chi connectivity index (χ3n) is 7.06. The molecule has 0 atom stereocenters. The van der Waals surface area contributed by atoms with Gasteiger partial charge in [-0.05, 0) is 42.5 Å². The Morgan fingerprint density at radius 3 is 2.34 bits per heavy atom. The number of nitrogens with zero attached hydrogens (tertiary/aromatic N) is 1. The quantitative estimate of drug-likeness (QED) is 0.340. The van der Waals surface area contributed by atoms with Crippen molar-refractivity contribution in [3.05, 3.63) is 94.9 Å². The molecule has 3 N–H and O–H groups in total. The van der Waals surface area contributed by atoms with Crippen LogP contribution in [0.3, 0.4) is 0 Å². The molecular formula is C29H25N3O3. The van der Waals surface area contributed by atoms with E-state index in [1.807, 2.05) is 54.6 Å². The third-order valence-corrected chi connectivity index (χ3v) is 7.06. The molecule has 1 aliphatic carbocycles. The Labute approximate surface area is 202 Å². The first-order chi connectivity index (χ1) is 17.1. The molecule has 0 amide bonds. The van der Waals surface area contributed by atoms with Crippen molar-refractivity contribution < 1.29 is 9.15 Å². The van der Waals surface area contributed by atoms with Crippen LogP contribution in [0.25, 0.3) is 44.5 Å². The molecule has 0 unspecified atom stereocenters. The minimum Gasteiger partial charge on any atom is -0.496 e. The van der Waals surface area contributed by atoms with Crippen LogP contribution < -0.4 is 15.9 Å². The Balaban J connectivity index is 1.64. The molecule has 0 bridgehead atoms.